The number of epoxide rings is 1. The van der Waals surface area contributed by atoms with E-state index in [1.165, 1.54) is 19.1 Å². The highest BCUT2D eigenvalue weighted by molar-refractivity contribution is 5.99. The van der Waals surface area contributed by atoms with Crippen LogP contribution in [0.15, 0.2) is 48.1 Å². The molecule has 0 aliphatic carbocycles. The SMILES string of the molecule is CC(=O)N[C@@H](CCCCN)C(=O)N[C@H](C(=O)N[C@@H](CCCNC(N)=O)C(=O)Nc1ccc(COC(=O)NNC(=O)C[C@@H]2C[C@@]3(CO3)[C@H](O)[C@@H](C(C)C/C(C)=C/C[C@@H]3O[C@H](C)[C@H](NC(=O)/C=C\[C@H](C)O)C[C@@H]3C)O2)cc1)C(C)C. The first-order chi connectivity index (χ1) is 36.9. The Labute approximate surface area is 457 Å². The maximum absolute atomic E-state index is 13.7. The van der Waals surface area contributed by atoms with Gasteiger partial charge in [0, 0.05) is 31.7 Å². The predicted molar refractivity (Wildman–Crippen MR) is 288 cm³/mol. The lowest BCUT2D eigenvalue weighted by molar-refractivity contribution is -0.173. The molecule has 3 heterocycles. The van der Waals surface area contributed by atoms with Gasteiger partial charge < -0.3 is 72.5 Å². The Hall–Kier alpha value is -6.18. The summed E-state index contributed by atoms with van der Waals surface area (Å²) in [5, 5.41) is 37.0. The van der Waals surface area contributed by atoms with Gasteiger partial charge in [-0.05, 0) is 114 Å². The fraction of sp³-hybridized carbons (Fsp3) is 0.667. The number of carbonyl (C=O) groups excluding carboxylic acids is 8. The number of hydrogen-bond donors (Lipinski definition) is 12. The van der Waals surface area contributed by atoms with Gasteiger partial charge in [-0.15, -0.1) is 0 Å². The first-order valence-corrected chi connectivity index (χ1v) is 27.1. The highest BCUT2D eigenvalue weighted by atomic mass is 16.6. The summed E-state index contributed by atoms with van der Waals surface area (Å²) in [6.07, 6.45) is 4.86. The van der Waals surface area contributed by atoms with E-state index >= 15 is 0 Å². The minimum absolute atomic E-state index is 0.0552. The number of primary amides is 1. The normalized spacial score (nSPS) is 24.9. The molecule has 1 aromatic carbocycles. The molecule has 78 heavy (non-hydrogen) atoms. The first-order valence-electron chi connectivity index (χ1n) is 27.1. The number of benzene rings is 1. The molecule has 24 heteroatoms. The van der Waals surface area contributed by atoms with Gasteiger partial charge in [0.15, 0.2) is 0 Å². The number of nitrogens with two attached hydrogens (primary N) is 2. The number of unbranched alkanes of at least 4 members (excludes halogenated alkanes) is 1. The number of allylic oxidation sites excluding steroid dienone is 1. The van der Waals surface area contributed by atoms with Gasteiger partial charge in [0.05, 0.1) is 49.6 Å². The van der Waals surface area contributed by atoms with Gasteiger partial charge >= 0.3 is 12.1 Å². The molecule has 13 atom stereocenters. The Bertz CT molecular complexity index is 2240. The fourth-order valence-corrected chi connectivity index (χ4v) is 9.61. The van der Waals surface area contributed by atoms with E-state index in [0.717, 1.165) is 12.0 Å². The van der Waals surface area contributed by atoms with Gasteiger partial charge in [0.1, 0.15) is 36.4 Å². The van der Waals surface area contributed by atoms with Gasteiger partial charge in [0.2, 0.25) is 35.4 Å². The second-order valence-electron chi connectivity index (χ2n) is 21.4. The molecule has 0 bridgehead atoms. The molecule has 0 radical (unpaired) electrons. The number of aliphatic hydroxyl groups excluding tert-OH is 2. The lowest BCUT2D eigenvalue weighted by Crippen LogP contribution is -2.57. The number of urea groups is 1. The maximum Gasteiger partial charge on any atom is 0.426 e. The number of amides is 9. The zero-order valence-corrected chi connectivity index (χ0v) is 46.4. The smallest absolute Gasteiger partial charge is 0.426 e. The molecule has 3 saturated heterocycles. The molecule has 4 rings (SSSR count). The van der Waals surface area contributed by atoms with Gasteiger partial charge in [-0.1, -0.05) is 57.6 Å². The highest BCUT2D eigenvalue weighted by Crippen LogP contribution is 2.45. The number of carbonyl (C=O) groups is 8. The van der Waals surface area contributed by atoms with Crippen molar-refractivity contribution < 1.29 is 67.5 Å². The van der Waals surface area contributed by atoms with Crippen LogP contribution in [0.25, 0.3) is 0 Å². The summed E-state index contributed by atoms with van der Waals surface area (Å²) in [7, 11) is 0. The molecule has 0 aromatic heterocycles. The summed E-state index contributed by atoms with van der Waals surface area (Å²) in [6.45, 7) is 15.0. The quantitative estimate of drug-likeness (QED) is 0.0187. The summed E-state index contributed by atoms with van der Waals surface area (Å²) in [5.41, 5.74) is 16.5. The molecule has 0 saturated carbocycles. The van der Waals surface area contributed by atoms with E-state index < -0.39 is 95.7 Å². The lowest BCUT2D eigenvalue weighted by Gasteiger charge is -2.41. The molecule has 3 fully saturated rings. The first kappa shape index (κ1) is 64.3. The number of hydrazine groups is 1. The summed E-state index contributed by atoms with van der Waals surface area (Å²) >= 11 is 0. The summed E-state index contributed by atoms with van der Waals surface area (Å²) in [6, 6.07) is 2.33. The molecular formula is C54H86N10O14. The molecule has 436 valence electrons. The zero-order chi connectivity index (χ0) is 57.7. The molecular weight excluding hydrogens is 1010 g/mol. The third-order valence-corrected chi connectivity index (χ3v) is 14.1. The van der Waals surface area contributed by atoms with E-state index in [1.54, 1.807) is 45.0 Å². The van der Waals surface area contributed by atoms with Crippen molar-refractivity contribution in [2.24, 2.45) is 29.2 Å². The molecule has 24 nitrogen and oxygen atoms in total. The van der Waals surface area contributed by atoms with Gasteiger partial charge in [-0.2, -0.15) is 0 Å². The van der Waals surface area contributed by atoms with Gasteiger partial charge in [-0.3, -0.25) is 34.2 Å². The fourth-order valence-electron chi connectivity index (χ4n) is 9.61. The van der Waals surface area contributed by atoms with E-state index in [2.05, 4.69) is 55.8 Å². The zero-order valence-electron chi connectivity index (χ0n) is 46.4. The Morgan fingerprint density at radius 3 is 2.19 bits per heavy atom. The van der Waals surface area contributed by atoms with E-state index in [-0.39, 0.29) is 74.8 Å². The van der Waals surface area contributed by atoms with Crippen molar-refractivity contribution in [2.75, 3.05) is 25.0 Å². The Balaban J connectivity index is 1.24. The summed E-state index contributed by atoms with van der Waals surface area (Å²) in [4.78, 5) is 102. The molecule has 14 N–H and O–H groups in total. The van der Waals surface area contributed by atoms with Crippen LogP contribution in [-0.2, 0) is 54.3 Å². The minimum Gasteiger partial charge on any atom is -0.443 e. The van der Waals surface area contributed by atoms with Crippen LogP contribution in [0.1, 0.15) is 125 Å². The topological polar surface area (TPSA) is 366 Å². The van der Waals surface area contributed by atoms with Gasteiger partial charge in [-0.25, -0.2) is 15.0 Å². The highest BCUT2D eigenvalue weighted by Gasteiger charge is 2.59. The Kier molecular flexibility index (Phi) is 25.9. The average molecular weight is 1100 g/mol. The number of rotatable bonds is 28. The average Bonchev–Trinajstić information content (AvgIpc) is 4.16. The standard InChI is InChI=1S/C54H86N10O14/c1-30(2)46(62-50(71)40(58-36(8)66)12-9-10-22-55)51(72)61-41(13-11-23-57-52(56)73)49(70)59-38-18-16-37(17-19-38)28-75-53(74)64-63-45(68)26-39-27-54(29-76-54)48(69)47(78-39)33(5)24-31(3)14-20-43-32(4)25-42(35(7)77-43)60-44(67)21-15-34(6)65/h14-19,21,30,32-35,39-43,46-48,65,69H,9-13,20,22-29,55H2,1-8H3,(H,58,66)(H,59,70)(H,60,67)(H,61,72)(H,62,71)(H,63,68)(H,64,74)(H3,56,57,73)/b21-15-,31-14+/t32-,33?,34-,35+,39+,40-,41-,42+,43-,46-,47+,48+,54+/m0/s1. The van der Waals surface area contributed by atoms with Crippen molar-refractivity contribution in [3.63, 3.8) is 0 Å². The van der Waals surface area contributed by atoms with Crippen molar-refractivity contribution in [2.45, 2.75) is 193 Å². The number of hydrogen-bond acceptors (Lipinski definition) is 15. The second kappa shape index (κ2) is 31.4. The van der Waals surface area contributed by atoms with Crippen LogP contribution < -0.4 is 54.2 Å². The summed E-state index contributed by atoms with van der Waals surface area (Å²) < 4.78 is 23.7. The van der Waals surface area contributed by atoms with Crippen molar-refractivity contribution >= 4 is 53.3 Å². The Morgan fingerprint density at radius 1 is 0.885 bits per heavy atom. The number of anilines is 1. The lowest BCUT2D eigenvalue weighted by atomic mass is 9.81. The van der Waals surface area contributed by atoms with Crippen molar-refractivity contribution in [1.29, 1.82) is 0 Å². The Morgan fingerprint density at radius 2 is 1.56 bits per heavy atom. The molecule has 3 aliphatic heterocycles. The van der Waals surface area contributed by atoms with Crippen LogP contribution in [0.3, 0.4) is 0 Å². The number of nitrogens with one attached hydrogen (secondary N) is 8. The van der Waals surface area contributed by atoms with E-state index in [1.807, 2.05) is 20.8 Å². The molecule has 9 amide bonds. The molecule has 1 spiro atoms. The third-order valence-electron chi connectivity index (χ3n) is 14.1. The van der Waals surface area contributed by atoms with Crippen LogP contribution in [0.2, 0.25) is 0 Å². The van der Waals surface area contributed by atoms with Crippen molar-refractivity contribution in [3.8, 4) is 0 Å². The van der Waals surface area contributed by atoms with E-state index in [9.17, 15) is 48.6 Å². The van der Waals surface area contributed by atoms with Crippen LogP contribution in [-0.4, -0.2) is 144 Å². The van der Waals surface area contributed by atoms with E-state index in [0.29, 0.717) is 56.5 Å². The van der Waals surface area contributed by atoms with Gasteiger partial charge in [0.25, 0.3) is 0 Å². The second-order valence-corrected chi connectivity index (χ2v) is 21.4. The third kappa shape index (κ3) is 21.6. The molecule has 1 aromatic rings. The van der Waals surface area contributed by atoms with Crippen LogP contribution in [0.4, 0.5) is 15.3 Å². The number of aliphatic hydroxyl groups is 2. The minimum atomic E-state index is -1.11. The maximum atomic E-state index is 13.7. The molecule has 1 unspecified atom stereocenters. The summed E-state index contributed by atoms with van der Waals surface area (Å²) in [5.74, 6) is -3.41. The van der Waals surface area contributed by atoms with Crippen LogP contribution in [0.5, 0.6) is 0 Å². The number of ether oxygens (including phenoxy) is 4. The predicted octanol–water partition coefficient (Wildman–Crippen LogP) is 1.87. The van der Waals surface area contributed by atoms with E-state index in [4.69, 9.17) is 30.4 Å². The molecule has 3 aliphatic rings. The van der Waals surface area contributed by atoms with Crippen LogP contribution >= 0.6 is 0 Å². The van der Waals surface area contributed by atoms with Crippen LogP contribution in [0, 0.1) is 17.8 Å². The monoisotopic (exact) mass is 1100 g/mol. The van der Waals surface area contributed by atoms with Crippen molar-refractivity contribution in [1.82, 2.24) is 37.4 Å². The largest absolute Gasteiger partial charge is 0.443 e. The van der Waals surface area contributed by atoms with Crippen molar-refractivity contribution in [3.05, 3.63) is 53.6 Å².